The number of carbonyl (C=O) groups is 2. The number of H-pyrrole nitrogens is 1. The third-order valence-corrected chi connectivity index (χ3v) is 4.03. The van der Waals surface area contributed by atoms with Crippen molar-refractivity contribution in [1.29, 1.82) is 0 Å². The highest BCUT2D eigenvalue weighted by molar-refractivity contribution is 5.97. The highest BCUT2D eigenvalue weighted by Crippen LogP contribution is 2.35. The lowest BCUT2D eigenvalue weighted by Crippen LogP contribution is -2.49. The molecule has 5 nitrogen and oxygen atoms in total. The predicted molar refractivity (Wildman–Crippen MR) is 68.7 cm³/mol. The molecule has 1 aromatic rings. The summed E-state index contributed by atoms with van der Waals surface area (Å²) in [5.41, 5.74) is 1.66. The number of ether oxygens (including phenoxy) is 1. The molecule has 19 heavy (non-hydrogen) atoms. The Kier molecular flexibility index (Phi) is 3.05. The first-order chi connectivity index (χ1) is 9.20. The van der Waals surface area contributed by atoms with Crippen molar-refractivity contribution in [2.24, 2.45) is 5.92 Å². The van der Waals surface area contributed by atoms with E-state index in [1.165, 1.54) is 7.11 Å². The molecule has 0 radical (unpaired) electrons. The van der Waals surface area contributed by atoms with Gasteiger partial charge in [-0.25, -0.2) is 4.79 Å². The van der Waals surface area contributed by atoms with Crippen LogP contribution in [-0.2, 0) is 16.0 Å². The molecule has 2 heterocycles. The smallest absolute Gasteiger partial charge is 0.328 e. The number of esters is 1. The van der Waals surface area contributed by atoms with Crippen LogP contribution in [0.5, 0.6) is 0 Å². The van der Waals surface area contributed by atoms with Crippen molar-refractivity contribution in [3.63, 3.8) is 0 Å². The second-order valence-electron chi connectivity index (χ2n) is 5.34. The number of nitrogens with one attached hydrogen (secondary N) is 1. The van der Waals surface area contributed by atoms with Crippen molar-refractivity contribution < 1.29 is 14.3 Å². The number of hydrogen-bond acceptors (Lipinski definition) is 3. The van der Waals surface area contributed by atoms with E-state index in [9.17, 15) is 9.59 Å². The molecule has 0 unspecified atom stereocenters. The summed E-state index contributed by atoms with van der Waals surface area (Å²) in [4.78, 5) is 29.0. The fraction of sp³-hybridized carbons (Fsp3) is 0.571. The SMILES string of the molecule is COC(=O)[C@H](CC1CC1)N1CCc2cc[nH]c2C1=O. The molecule has 1 atom stereocenters. The summed E-state index contributed by atoms with van der Waals surface area (Å²) in [7, 11) is 1.39. The number of hydrogen-bond donors (Lipinski definition) is 1. The predicted octanol–water partition coefficient (Wildman–Crippen LogP) is 1.35. The van der Waals surface area contributed by atoms with Crippen LogP contribution in [0, 0.1) is 5.92 Å². The van der Waals surface area contributed by atoms with Gasteiger partial charge < -0.3 is 14.6 Å². The molecule has 0 spiro atoms. The van der Waals surface area contributed by atoms with E-state index in [-0.39, 0.29) is 11.9 Å². The number of aromatic amines is 1. The maximum atomic E-state index is 12.4. The number of aromatic nitrogens is 1. The van der Waals surface area contributed by atoms with Crippen molar-refractivity contribution >= 4 is 11.9 Å². The van der Waals surface area contributed by atoms with Crippen molar-refractivity contribution in [2.75, 3.05) is 13.7 Å². The van der Waals surface area contributed by atoms with E-state index in [0.29, 0.717) is 18.2 Å². The van der Waals surface area contributed by atoms with Gasteiger partial charge in [0.25, 0.3) is 5.91 Å². The van der Waals surface area contributed by atoms with Gasteiger partial charge in [-0.2, -0.15) is 0 Å². The summed E-state index contributed by atoms with van der Waals surface area (Å²) >= 11 is 0. The topological polar surface area (TPSA) is 62.4 Å². The molecular formula is C14H18N2O3. The van der Waals surface area contributed by atoms with Gasteiger partial charge in [0.15, 0.2) is 0 Å². The molecule has 102 valence electrons. The molecule has 0 aromatic carbocycles. The van der Waals surface area contributed by atoms with Crippen LogP contribution in [0.15, 0.2) is 12.3 Å². The molecule has 1 aliphatic carbocycles. The van der Waals surface area contributed by atoms with Gasteiger partial charge in [0.2, 0.25) is 0 Å². The van der Waals surface area contributed by atoms with E-state index in [2.05, 4.69) is 4.98 Å². The van der Waals surface area contributed by atoms with Gasteiger partial charge in [-0.1, -0.05) is 12.8 Å². The van der Waals surface area contributed by atoms with E-state index in [1.54, 1.807) is 11.1 Å². The molecule has 1 saturated carbocycles. The van der Waals surface area contributed by atoms with E-state index < -0.39 is 6.04 Å². The molecule has 3 rings (SSSR count). The summed E-state index contributed by atoms with van der Waals surface area (Å²) in [5, 5.41) is 0. The first kappa shape index (κ1) is 12.3. The summed E-state index contributed by atoms with van der Waals surface area (Å²) < 4.78 is 4.87. The molecule has 1 N–H and O–H groups in total. The Bertz CT molecular complexity index is 505. The van der Waals surface area contributed by atoms with E-state index in [4.69, 9.17) is 4.74 Å². The minimum atomic E-state index is -0.429. The van der Waals surface area contributed by atoms with Gasteiger partial charge in [-0.3, -0.25) is 4.79 Å². The molecule has 2 aliphatic rings. The number of amides is 1. The molecule has 0 bridgehead atoms. The molecular weight excluding hydrogens is 244 g/mol. The van der Waals surface area contributed by atoms with Crippen molar-refractivity contribution in [2.45, 2.75) is 31.7 Å². The van der Waals surface area contributed by atoms with Gasteiger partial charge in [0, 0.05) is 12.7 Å². The van der Waals surface area contributed by atoms with Crippen molar-refractivity contribution in [1.82, 2.24) is 9.88 Å². The van der Waals surface area contributed by atoms with Crippen LogP contribution in [-0.4, -0.2) is 41.5 Å². The number of carbonyl (C=O) groups excluding carboxylic acids is 2. The highest BCUT2D eigenvalue weighted by atomic mass is 16.5. The highest BCUT2D eigenvalue weighted by Gasteiger charge is 2.38. The lowest BCUT2D eigenvalue weighted by molar-refractivity contribution is -0.146. The second-order valence-corrected chi connectivity index (χ2v) is 5.34. The molecule has 1 aliphatic heterocycles. The van der Waals surface area contributed by atoms with Gasteiger partial charge in [0.1, 0.15) is 11.7 Å². The zero-order valence-electron chi connectivity index (χ0n) is 11.0. The third kappa shape index (κ3) is 2.25. The lowest BCUT2D eigenvalue weighted by Gasteiger charge is -2.32. The minimum absolute atomic E-state index is 0.0812. The third-order valence-electron chi connectivity index (χ3n) is 4.03. The van der Waals surface area contributed by atoms with Crippen LogP contribution in [0.25, 0.3) is 0 Å². The first-order valence-electron chi connectivity index (χ1n) is 6.75. The molecule has 1 aromatic heterocycles. The van der Waals surface area contributed by atoms with Crippen molar-refractivity contribution in [3.8, 4) is 0 Å². The van der Waals surface area contributed by atoms with Crippen LogP contribution in [0.3, 0.4) is 0 Å². The van der Waals surface area contributed by atoms with Crippen LogP contribution in [0.2, 0.25) is 0 Å². The van der Waals surface area contributed by atoms with Crippen LogP contribution in [0.4, 0.5) is 0 Å². The summed E-state index contributed by atoms with van der Waals surface area (Å²) in [5.74, 6) is 0.194. The number of methoxy groups -OCH3 is 1. The Morgan fingerprint density at radius 2 is 2.37 bits per heavy atom. The van der Waals surface area contributed by atoms with E-state index >= 15 is 0 Å². The maximum Gasteiger partial charge on any atom is 0.328 e. The lowest BCUT2D eigenvalue weighted by atomic mass is 10.0. The van der Waals surface area contributed by atoms with Gasteiger partial charge in [-0.15, -0.1) is 0 Å². The zero-order valence-corrected chi connectivity index (χ0v) is 11.0. The van der Waals surface area contributed by atoms with Crippen molar-refractivity contribution in [3.05, 3.63) is 23.5 Å². The number of fused-ring (bicyclic) bond motifs is 1. The molecule has 0 saturated heterocycles. The fourth-order valence-electron chi connectivity index (χ4n) is 2.75. The largest absolute Gasteiger partial charge is 0.467 e. The summed E-state index contributed by atoms with van der Waals surface area (Å²) in [6.07, 6.45) is 5.61. The number of nitrogens with zero attached hydrogens (tertiary/aromatic N) is 1. The molecule has 1 fully saturated rings. The first-order valence-corrected chi connectivity index (χ1v) is 6.75. The van der Waals surface area contributed by atoms with E-state index in [0.717, 1.165) is 31.2 Å². The second kappa shape index (κ2) is 4.72. The van der Waals surface area contributed by atoms with Crippen LogP contribution < -0.4 is 0 Å². The summed E-state index contributed by atoms with van der Waals surface area (Å²) in [6, 6.07) is 1.50. The summed E-state index contributed by atoms with van der Waals surface area (Å²) in [6.45, 7) is 0.593. The quantitative estimate of drug-likeness (QED) is 0.833. The van der Waals surface area contributed by atoms with E-state index in [1.807, 2.05) is 6.07 Å². The van der Waals surface area contributed by atoms with Gasteiger partial charge in [0.05, 0.1) is 7.11 Å². The fourth-order valence-corrected chi connectivity index (χ4v) is 2.75. The standard InChI is InChI=1S/C14H18N2O3/c1-19-14(18)11(8-9-2-3-9)16-7-5-10-4-6-15-12(10)13(16)17/h4,6,9,11,15H,2-3,5,7-8H2,1H3/t11-/m0/s1. The van der Waals surface area contributed by atoms with Gasteiger partial charge in [-0.05, 0) is 30.4 Å². The Balaban J connectivity index is 1.82. The average molecular weight is 262 g/mol. The Labute approximate surface area is 111 Å². The normalized spacial score (nSPS) is 20.1. The Morgan fingerprint density at radius 3 is 3.05 bits per heavy atom. The molecule has 5 heteroatoms. The minimum Gasteiger partial charge on any atom is -0.467 e. The zero-order chi connectivity index (χ0) is 13.4. The van der Waals surface area contributed by atoms with Gasteiger partial charge >= 0.3 is 5.97 Å². The molecule has 1 amide bonds. The number of rotatable bonds is 4. The van der Waals surface area contributed by atoms with Crippen LogP contribution in [0.1, 0.15) is 35.3 Å². The Morgan fingerprint density at radius 1 is 1.58 bits per heavy atom. The Hall–Kier alpha value is -1.78. The monoisotopic (exact) mass is 262 g/mol. The van der Waals surface area contributed by atoms with Crippen LogP contribution >= 0.6 is 0 Å². The maximum absolute atomic E-state index is 12.4. The average Bonchev–Trinajstić information content (AvgIpc) is 3.10.